The minimum Gasteiger partial charge on any atom is -0.342 e. The Morgan fingerprint density at radius 3 is 2.52 bits per heavy atom. The Labute approximate surface area is 125 Å². The number of hydrogen-bond donors (Lipinski definition) is 1. The number of carbonyl (C=O) groups excluding carboxylic acids is 2. The highest BCUT2D eigenvalue weighted by atomic mass is 16.2. The van der Waals surface area contributed by atoms with Crippen LogP contribution in [0.25, 0.3) is 0 Å². The average Bonchev–Trinajstić information content (AvgIpc) is 3.24. The van der Waals surface area contributed by atoms with Gasteiger partial charge in [-0.25, -0.2) is 0 Å². The van der Waals surface area contributed by atoms with Gasteiger partial charge in [-0.15, -0.1) is 0 Å². The Hall–Kier alpha value is -1.84. The van der Waals surface area contributed by atoms with Crippen molar-refractivity contribution in [2.45, 2.75) is 45.7 Å². The molecule has 1 heterocycles. The topological polar surface area (TPSA) is 49.4 Å². The number of benzene rings is 1. The lowest BCUT2D eigenvalue weighted by Crippen LogP contribution is -2.65. The number of piperazine rings is 1. The summed E-state index contributed by atoms with van der Waals surface area (Å²) in [5.74, 6) is 0.417. The molecule has 2 aliphatic rings. The number of aryl methyl sites for hydroxylation is 1. The van der Waals surface area contributed by atoms with Gasteiger partial charge in [-0.05, 0) is 49.3 Å². The third-order valence-electron chi connectivity index (χ3n) is 4.35. The highest BCUT2D eigenvalue weighted by molar-refractivity contribution is 6.08. The first-order chi connectivity index (χ1) is 9.99. The zero-order valence-corrected chi connectivity index (χ0v) is 12.8. The summed E-state index contributed by atoms with van der Waals surface area (Å²) in [7, 11) is 0. The fourth-order valence-corrected chi connectivity index (χ4v) is 3.12. The molecule has 0 aromatic heterocycles. The Kier molecular flexibility index (Phi) is 3.47. The van der Waals surface area contributed by atoms with Crippen molar-refractivity contribution >= 4 is 17.5 Å². The smallest absolute Gasteiger partial charge is 0.250 e. The number of nitrogens with zero attached hydrogens (tertiary/aromatic N) is 1. The Morgan fingerprint density at radius 2 is 1.95 bits per heavy atom. The predicted molar refractivity (Wildman–Crippen MR) is 81.9 cm³/mol. The van der Waals surface area contributed by atoms with Crippen molar-refractivity contribution in [2.24, 2.45) is 11.8 Å². The third-order valence-corrected chi connectivity index (χ3v) is 4.35. The van der Waals surface area contributed by atoms with Gasteiger partial charge in [-0.3, -0.25) is 14.5 Å². The van der Waals surface area contributed by atoms with Gasteiger partial charge in [-0.2, -0.15) is 0 Å². The number of amides is 2. The molecular weight excluding hydrogens is 264 g/mol. The summed E-state index contributed by atoms with van der Waals surface area (Å²) in [4.78, 5) is 27.1. The lowest BCUT2D eigenvalue weighted by Gasteiger charge is -2.41. The van der Waals surface area contributed by atoms with Crippen LogP contribution in [-0.4, -0.2) is 23.9 Å². The quantitative estimate of drug-likeness (QED) is 0.926. The van der Waals surface area contributed by atoms with E-state index in [0.29, 0.717) is 5.92 Å². The highest BCUT2D eigenvalue weighted by Gasteiger charge is 2.48. The molecule has 4 nitrogen and oxygen atoms in total. The highest BCUT2D eigenvalue weighted by Crippen LogP contribution is 2.37. The molecule has 1 aliphatic heterocycles. The molecule has 2 unspecified atom stereocenters. The maximum atomic E-state index is 12.9. The van der Waals surface area contributed by atoms with Gasteiger partial charge in [0.2, 0.25) is 5.91 Å². The van der Waals surface area contributed by atoms with E-state index in [1.165, 1.54) is 0 Å². The average molecular weight is 286 g/mol. The second kappa shape index (κ2) is 5.17. The van der Waals surface area contributed by atoms with E-state index in [4.69, 9.17) is 0 Å². The summed E-state index contributed by atoms with van der Waals surface area (Å²) in [6.07, 6.45) is 2.06. The summed E-state index contributed by atoms with van der Waals surface area (Å²) in [6, 6.07) is 7.08. The van der Waals surface area contributed by atoms with E-state index in [1.807, 2.05) is 45.0 Å². The summed E-state index contributed by atoms with van der Waals surface area (Å²) in [6.45, 7) is 5.97. The standard InChI is InChI=1S/C17H22N2O2/c1-10(2)15-16(20)18-14(12-7-8-12)17(21)19(15)13-6-4-5-11(3)9-13/h4-6,9-10,12,14-15H,7-8H2,1-3H3,(H,18,20). The molecule has 0 spiro atoms. The molecule has 1 saturated carbocycles. The minimum atomic E-state index is -0.422. The monoisotopic (exact) mass is 286 g/mol. The van der Waals surface area contributed by atoms with Crippen LogP contribution in [0, 0.1) is 18.8 Å². The Bertz CT molecular complexity index is 578. The molecule has 0 bridgehead atoms. The number of nitrogens with one attached hydrogen (secondary N) is 1. The molecule has 2 fully saturated rings. The molecule has 0 radical (unpaired) electrons. The summed E-state index contributed by atoms with van der Waals surface area (Å²) < 4.78 is 0. The van der Waals surface area contributed by atoms with Crippen molar-refractivity contribution in [3.05, 3.63) is 29.8 Å². The maximum Gasteiger partial charge on any atom is 0.250 e. The Morgan fingerprint density at radius 1 is 1.24 bits per heavy atom. The van der Waals surface area contributed by atoms with E-state index in [1.54, 1.807) is 4.90 Å². The van der Waals surface area contributed by atoms with Crippen molar-refractivity contribution in [3.8, 4) is 0 Å². The lowest BCUT2D eigenvalue weighted by molar-refractivity contribution is -0.135. The van der Waals surface area contributed by atoms with E-state index in [2.05, 4.69) is 5.32 Å². The van der Waals surface area contributed by atoms with Crippen molar-refractivity contribution in [1.82, 2.24) is 5.32 Å². The van der Waals surface area contributed by atoms with Crippen LogP contribution in [0.5, 0.6) is 0 Å². The van der Waals surface area contributed by atoms with Crippen LogP contribution in [0.3, 0.4) is 0 Å². The molecule has 1 aliphatic carbocycles. The van der Waals surface area contributed by atoms with Crippen LogP contribution in [-0.2, 0) is 9.59 Å². The van der Waals surface area contributed by atoms with Crippen LogP contribution in [0.15, 0.2) is 24.3 Å². The zero-order valence-electron chi connectivity index (χ0n) is 12.8. The molecule has 1 N–H and O–H groups in total. The first-order valence-electron chi connectivity index (χ1n) is 7.69. The predicted octanol–water partition coefficient (Wildman–Crippen LogP) is 2.26. The second-order valence-corrected chi connectivity index (χ2v) is 6.56. The van der Waals surface area contributed by atoms with Crippen LogP contribution < -0.4 is 10.2 Å². The normalized spacial score (nSPS) is 26.2. The molecular formula is C17H22N2O2. The first-order valence-corrected chi connectivity index (χ1v) is 7.69. The van der Waals surface area contributed by atoms with Crippen molar-refractivity contribution < 1.29 is 9.59 Å². The SMILES string of the molecule is Cc1cccc(N2C(=O)C(C3CC3)NC(=O)C2C(C)C)c1. The van der Waals surface area contributed by atoms with E-state index in [0.717, 1.165) is 24.1 Å². The third kappa shape index (κ3) is 2.55. The van der Waals surface area contributed by atoms with E-state index in [9.17, 15) is 9.59 Å². The zero-order chi connectivity index (χ0) is 15.1. The van der Waals surface area contributed by atoms with E-state index < -0.39 is 6.04 Å². The maximum absolute atomic E-state index is 12.9. The van der Waals surface area contributed by atoms with Crippen LogP contribution >= 0.6 is 0 Å². The molecule has 1 saturated heterocycles. The van der Waals surface area contributed by atoms with E-state index >= 15 is 0 Å². The van der Waals surface area contributed by atoms with Gasteiger partial charge in [0.15, 0.2) is 0 Å². The van der Waals surface area contributed by atoms with Crippen LogP contribution in [0.1, 0.15) is 32.3 Å². The fourth-order valence-electron chi connectivity index (χ4n) is 3.12. The Balaban J connectivity index is 2.01. The molecule has 2 amide bonds. The molecule has 3 rings (SSSR count). The summed E-state index contributed by atoms with van der Waals surface area (Å²) in [5, 5.41) is 2.94. The molecule has 4 heteroatoms. The molecule has 2 atom stereocenters. The van der Waals surface area contributed by atoms with Gasteiger partial charge < -0.3 is 5.32 Å². The van der Waals surface area contributed by atoms with Gasteiger partial charge in [-0.1, -0.05) is 26.0 Å². The van der Waals surface area contributed by atoms with Gasteiger partial charge in [0, 0.05) is 5.69 Å². The van der Waals surface area contributed by atoms with Crippen molar-refractivity contribution in [2.75, 3.05) is 4.90 Å². The van der Waals surface area contributed by atoms with Gasteiger partial charge in [0.05, 0.1) is 0 Å². The second-order valence-electron chi connectivity index (χ2n) is 6.56. The summed E-state index contributed by atoms with van der Waals surface area (Å²) in [5.41, 5.74) is 1.93. The number of anilines is 1. The molecule has 1 aromatic rings. The van der Waals surface area contributed by atoms with Crippen LogP contribution in [0.4, 0.5) is 5.69 Å². The van der Waals surface area contributed by atoms with Gasteiger partial charge in [0.25, 0.3) is 5.91 Å². The first kappa shape index (κ1) is 14.1. The lowest BCUT2D eigenvalue weighted by atomic mass is 9.94. The van der Waals surface area contributed by atoms with Crippen molar-refractivity contribution in [1.29, 1.82) is 0 Å². The van der Waals surface area contributed by atoms with Gasteiger partial charge >= 0.3 is 0 Å². The largest absolute Gasteiger partial charge is 0.342 e. The van der Waals surface area contributed by atoms with Gasteiger partial charge in [0.1, 0.15) is 12.1 Å². The fraction of sp³-hybridized carbons (Fsp3) is 0.529. The molecule has 21 heavy (non-hydrogen) atoms. The number of carbonyl (C=O) groups is 2. The van der Waals surface area contributed by atoms with E-state index in [-0.39, 0.29) is 23.8 Å². The number of hydrogen-bond acceptors (Lipinski definition) is 2. The summed E-state index contributed by atoms with van der Waals surface area (Å²) >= 11 is 0. The van der Waals surface area contributed by atoms with Crippen molar-refractivity contribution in [3.63, 3.8) is 0 Å². The minimum absolute atomic E-state index is 0.0250. The molecule has 1 aromatic carbocycles. The number of rotatable bonds is 3. The van der Waals surface area contributed by atoms with Crippen LogP contribution in [0.2, 0.25) is 0 Å². The molecule has 112 valence electrons.